The zero-order chi connectivity index (χ0) is 21.1. The minimum absolute atomic E-state index is 0.0355. The van der Waals surface area contributed by atoms with Gasteiger partial charge in [0.2, 0.25) is 0 Å². The molecule has 0 bridgehead atoms. The summed E-state index contributed by atoms with van der Waals surface area (Å²) in [4.78, 5) is 27.5. The van der Waals surface area contributed by atoms with Crippen LogP contribution < -0.4 is 0 Å². The van der Waals surface area contributed by atoms with Crippen LogP contribution in [0.15, 0.2) is 35.3 Å². The van der Waals surface area contributed by atoms with E-state index in [0.717, 1.165) is 27.0 Å². The van der Waals surface area contributed by atoms with Crippen LogP contribution in [-0.4, -0.2) is 54.2 Å². The van der Waals surface area contributed by atoms with Gasteiger partial charge in [0.15, 0.2) is 0 Å². The van der Waals surface area contributed by atoms with Crippen LogP contribution in [0.1, 0.15) is 29.1 Å². The van der Waals surface area contributed by atoms with E-state index in [0.29, 0.717) is 23.7 Å². The van der Waals surface area contributed by atoms with Gasteiger partial charge in [-0.2, -0.15) is 0 Å². The Morgan fingerprint density at radius 3 is 2.45 bits per heavy atom. The Morgan fingerprint density at radius 2 is 1.86 bits per heavy atom. The standard InChI is InChI=1S/C22H25FN4OS/c1-6-27(7-2)22(28)20-19(24-13-26(4)5)18-14(3)12-17(25-21(18)29-20)15-8-10-16(23)11-9-15/h8-13H,6-7H2,1-5H3. The summed E-state index contributed by atoms with van der Waals surface area (Å²) >= 11 is 1.36. The van der Waals surface area contributed by atoms with E-state index in [1.807, 2.05) is 45.8 Å². The predicted octanol–water partition coefficient (Wildman–Crippen LogP) is 5.11. The van der Waals surface area contributed by atoms with Gasteiger partial charge in [0.05, 0.1) is 17.7 Å². The van der Waals surface area contributed by atoms with E-state index in [1.54, 1.807) is 23.4 Å². The number of aliphatic imine (C=N–C) groups is 1. The molecule has 0 unspecified atom stereocenters. The molecule has 0 fully saturated rings. The average Bonchev–Trinajstić information content (AvgIpc) is 3.06. The van der Waals surface area contributed by atoms with Crippen molar-refractivity contribution in [2.24, 2.45) is 4.99 Å². The number of hydrogen-bond donors (Lipinski definition) is 0. The molecule has 2 heterocycles. The number of amides is 1. The van der Waals surface area contributed by atoms with Crippen molar-refractivity contribution in [1.82, 2.24) is 14.8 Å². The van der Waals surface area contributed by atoms with Gasteiger partial charge in [-0.1, -0.05) is 0 Å². The Morgan fingerprint density at radius 1 is 1.21 bits per heavy atom. The average molecular weight is 413 g/mol. The minimum atomic E-state index is -0.282. The van der Waals surface area contributed by atoms with E-state index < -0.39 is 0 Å². The topological polar surface area (TPSA) is 48.8 Å². The second-order valence-electron chi connectivity index (χ2n) is 6.98. The van der Waals surface area contributed by atoms with E-state index in [-0.39, 0.29) is 11.7 Å². The first-order chi connectivity index (χ1) is 13.8. The number of pyridine rings is 1. The molecular formula is C22H25FN4OS. The molecule has 0 saturated carbocycles. The normalized spacial score (nSPS) is 11.4. The Labute approximate surface area is 174 Å². The number of nitrogens with zero attached hydrogens (tertiary/aromatic N) is 4. The van der Waals surface area contributed by atoms with E-state index in [4.69, 9.17) is 4.98 Å². The van der Waals surface area contributed by atoms with Crippen LogP contribution in [0.5, 0.6) is 0 Å². The van der Waals surface area contributed by atoms with Gasteiger partial charge in [0.1, 0.15) is 15.5 Å². The number of carbonyl (C=O) groups excluding carboxylic acids is 1. The van der Waals surface area contributed by atoms with Crippen LogP contribution in [0.4, 0.5) is 10.1 Å². The van der Waals surface area contributed by atoms with Crippen molar-refractivity contribution in [2.45, 2.75) is 20.8 Å². The number of fused-ring (bicyclic) bond motifs is 1. The maximum Gasteiger partial charge on any atom is 0.266 e. The quantitative estimate of drug-likeness (QED) is 0.417. The van der Waals surface area contributed by atoms with Gasteiger partial charge in [-0.05, 0) is 56.7 Å². The van der Waals surface area contributed by atoms with E-state index in [9.17, 15) is 9.18 Å². The maximum atomic E-state index is 13.3. The molecule has 3 rings (SSSR count). The highest BCUT2D eigenvalue weighted by atomic mass is 32.1. The Kier molecular flexibility index (Phi) is 6.27. The fourth-order valence-electron chi connectivity index (χ4n) is 3.13. The minimum Gasteiger partial charge on any atom is -0.369 e. The van der Waals surface area contributed by atoms with Crippen molar-refractivity contribution in [3.63, 3.8) is 0 Å². The first-order valence-electron chi connectivity index (χ1n) is 9.55. The molecule has 0 radical (unpaired) electrons. The highest BCUT2D eigenvalue weighted by molar-refractivity contribution is 7.21. The molecule has 5 nitrogen and oxygen atoms in total. The Balaban J connectivity index is 2.21. The molecule has 29 heavy (non-hydrogen) atoms. The molecule has 1 amide bonds. The third kappa shape index (κ3) is 4.29. The van der Waals surface area contributed by atoms with Crippen molar-refractivity contribution in [3.8, 4) is 11.3 Å². The van der Waals surface area contributed by atoms with Gasteiger partial charge < -0.3 is 9.80 Å². The van der Waals surface area contributed by atoms with E-state index in [1.165, 1.54) is 23.5 Å². The molecule has 152 valence electrons. The van der Waals surface area contributed by atoms with Crippen LogP contribution in [0.3, 0.4) is 0 Å². The number of carbonyl (C=O) groups is 1. The highest BCUT2D eigenvalue weighted by Crippen LogP contribution is 2.41. The lowest BCUT2D eigenvalue weighted by Crippen LogP contribution is -2.29. The van der Waals surface area contributed by atoms with Gasteiger partial charge in [-0.25, -0.2) is 14.4 Å². The van der Waals surface area contributed by atoms with Gasteiger partial charge in [-0.15, -0.1) is 11.3 Å². The Hall–Kier alpha value is -2.80. The highest BCUT2D eigenvalue weighted by Gasteiger charge is 2.24. The fourth-order valence-corrected chi connectivity index (χ4v) is 4.29. The second kappa shape index (κ2) is 8.69. The van der Waals surface area contributed by atoms with Gasteiger partial charge in [0.25, 0.3) is 5.91 Å². The van der Waals surface area contributed by atoms with Crippen LogP contribution in [0.25, 0.3) is 21.5 Å². The lowest BCUT2D eigenvalue weighted by Gasteiger charge is -2.17. The lowest BCUT2D eigenvalue weighted by molar-refractivity contribution is 0.0778. The lowest BCUT2D eigenvalue weighted by atomic mass is 10.1. The molecule has 7 heteroatoms. The van der Waals surface area contributed by atoms with Gasteiger partial charge >= 0.3 is 0 Å². The largest absolute Gasteiger partial charge is 0.369 e. The number of benzene rings is 1. The molecule has 0 aliphatic carbocycles. The zero-order valence-corrected chi connectivity index (χ0v) is 18.2. The molecule has 0 saturated heterocycles. The van der Waals surface area contributed by atoms with Crippen LogP contribution in [-0.2, 0) is 0 Å². The monoisotopic (exact) mass is 412 g/mol. The summed E-state index contributed by atoms with van der Waals surface area (Å²) < 4.78 is 13.3. The number of rotatable bonds is 6. The van der Waals surface area contributed by atoms with Crippen molar-refractivity contribution >= 4 is 39.5 Å². The van der Waals surface area contributed by atoms with Crippen LogP contribution >= 0.6 is 11.3 Å². The van der Waals surface area contributed by atoms with E-state index >= 15 is 0 Å². The van der Waals surface area contributed by atoms with Gasteiger partial charge in [-0.3, -0.25) is 4.79 Å². The summed E-state index contributed by atoms with van der Waals surface area (Å²) in [5, 5.41) is 0.884. The first-order valence-corrected chi connectivity index (χ1v) is 10.4. The summed E-state index contributed by atoms with van der Waals surface area (Å²) in [5.41, 5.74) is 3.22. The molecule has 0 spiro atoms. The molecule has 0 aliphatic heterocycles. The number of thiophene rings is 1. The molecule has 3 aromatic rings. The van der Waals surface area contributed by atoms with E-state index in [2.05, 4.69) is 4.99 Å². The maximum absolute atomic E-state index is 13.3. The van der Waals surface area contributed by atoms with Crippen molar-refractivity contribution < 1.29 is 9.18 Å². The molecule has 2 aromatic heterocycles. The Bertz CT molecular complexity index is 1050. The smallest absolute Gasteiger partial charge is 0.266 e. The predicted molar refractivity (Wildman–Crippen MR) is 119 cm³/mol. The van der Waals surface area contributed by atoms with Crippen LogP contribution in [0.2, 0.25) is 0 Å². The summed E-state index contributed by atoms with van der Waals surface area (Å²) in [6.45, 7) is 7.19. The summed E-state index contributed by atoms with van der Waals surface area (Å²) in [6, 6.07) is 8.23. The van der Waals surface area contributed by atoms with Crippen molar-refractivity contribution in [1.29, 1.82) is 0 Å². The van der Waals surface area contributed by atoms with Crippen molar-refractivity contribution in [2.75, 3.05) is 27.2 Å². The summed E-state index contributed by atoms with van der Waals surface area (Å²) in [5.74, 6) is -0.318. The van der Waals surface area contributed by atoms with Crippen molar-refractivity contribution in [3.05, 3.63) is 46.6 Å². The molecule has 0 aliphatic rings. The number of aromatic nitrogens is 1. The summed E-state index contributed by atoms with van der Waals surface area (Å²) in [7, 11) is 3.78. The first kappa shape index (κ1) is 20.9. The summed E-state index contributed by atoms with van der Waals surface area (Å²) in [6.07, 6.45) is 1.70. The number of hydrogen-bond acceptors (Lipinski definition) is 4. The third-order valence-electron chi connectivity index (χ3n) is 4.64. The number of aryl methyl sites for hydroxylation is 1. The molecule has 0 atom stereocenters. The molecule has 1 aromatic carbocycles. The third-order valence-corrected chi connectivity index (χ3v) is 5.70. The SMILES string of the molecule is CCN(CC)C(=O)c1sc2nc(-c3ccc(F)cc3)cc(C)c2c1N=CN(C)C. The molecular weight excluding hydrogens is 387 g/mol. The van der Waals surface area contributed by atoms with Crippen LogP contribution in [0, 0.1) is 12.7 Å². The second-order valence-corrected chi connectivity index (χ2v) is 7.98. The zero-order valence-electron chi connectivity index (χ0n) is 17.4. The fraction of sp³-hybridized carbons (Fsp3) is 0.318. The van der Waals surface area contributed by atoms with Gasteiger partial charge in [0, 0.05) is 38.1 Å². The molecule has 0 N–H and O–H groups in total. The number of halogens is 1.